The first-order valence-electron chi connectivity index (χ1n) is 6.81. The first-order chi connectivity index (χ1) is 9.70. The minimum absolute atomic E-state index is 0.00129. The molecular formula is C17H20N2O. The maximum absolute atomic E-state index is 12.1. The molecule has 0 saturated heterocycles. The van der Waals surface area contributed by atoms with Gasteiger partial charge in [-0.1, -0.05) is 48.5 Å². The van der Waals surface area contributed by atoms with Crippen molar-refractivity contribution >= 4 is 11.6 Å². The highest BCUT2D eigenvalue weighted by Crippen LogP contribution is 2.20. The highest BCUT2D eigenvalue weighted by molar-refractivity contribution is 5.92. The first-order valence-corrected chi connectivity index (χ1v) is 6.81. The van der Waals surface area contributed by atoms with Crippen LogP contribution in [0.25, 0.3) is 0 Å². The molecule has 0 aliphatic heterocycles. The van der Waals surface area contributed by atoms with Gasteiger partial charge in [0.1, 0.15) is 0 Å². The zero-order valence-corrected chi connectivity index (χ0v) is 11.7. The summed E-state index contributed by atoms with van der Waals surface area (Å²) in [5.74, 6) is 0.0545. The van der Waals surface area contributed by atoms with Crippen molar-refractivity contribution in [1.82, 2.24) is 0 Å². The number of nitrogens with one attached hydrogen (secondary N) is 1. The van der Waals surface area contributed by atoms with Gasteiger partial charge in [-0.3, -0.25) is 4.79 Å². The molecule has 0 saturated carbocycles. The molecular weight excluding hydrogens is 248 g/mol. The number of aryl methyl sites for hydroxylation is 1. The molecule has 0 bridgehead atoms. The van der Waals surface area contributed by atoms with Crippen LogP contribution in [0, 0.1) is 6.92 Å². The van der Waals surface area contributed by atoms with Crippen molar-refractivity contribution in [2.45, 2.75) is 19.3 Å². The maximum Gasteiger partial charge on any atom is 0.225 e. The Morgan fingerprint density at radius 3 is 2.40 bits per heavy atom. The van der Waals surface area contributed by atoms with Crippen LogP contribution in [-0.2, 0) is 4.79 Å². The number of anilines is 1. The molecule has 3 heteroatoms. The summed E-state index contributed by atoms with van der Waals surface area (Å²) in [7, 11) is 0. The van der Waals surface area contributed by atoms with E-state index in [1.807, 2.05) is 61.5 Å². The molecule has 2 rings (SSSR count). The predicted molar refractivity (Wildman–Crippen MR) is 82.7 cm³/mol. The van der Waals surface area contributed by atoms with E-state index < -0.39 is 0 Å². The van der Waals surface area contributed by atoms with Gasteiger partial charge in [0.05, 0.1) is 0 Å². The summed E-state index contributed by atoms with van der Waals surface area (Å²) in [6.45, 7) is 2.44. The van der Waals surface area contributed by atoms with Gasteiger partial charge in [-0.2, -0.15) is 0 Å². The molecule has 0 fully saturated rings. The number of benzene rings is 2. The molecule has 104 valence electrons. The largest absolute Gasteiger partial charge is 0.330 e. The Labute approximate surface area is 119 Å². The summed E-state index contributed by atoms with van der Waals surface area (Å²) in [6, 6.07) is 17.7. The lowest BCUT2D eigenvalue weighted by molar-refractivity contribution is -0.116. The fraction of sp³-hybridized carbons (Fsp3) is 0.235. The smallest absolute Gasteiger partial charge is 0.225 e. The number of hydrogen-bond acceptors (Lipinski definition) is 2. The lowest BCUT2D eigenvalue weighted by Gasteiger charge is -2.15. The van der Waals surface area contributed by atoms with Crippen LogP contribution in [-0.4, -0.2) is 12.5 Å². The van der Waals surface area contributed by atoms with E-state index in [9.17, 15) is 4.79 Å². The molecule has 0 aliphatic carbocycles. The lowest BCUT2D eigenvalue weighted by atomic mass is 9.95. The normalized spacial score (nSPS) is 11.9. The molecule has 1 atom stereocenters. The highest BCUT2D eigenvalue weighted by atomic mass is 16.1. The number of carbonyl (C=O) groups excluding carboxylic acids is 1. The van der Waals surface area contributed by atoms with Crippen LogP contribution < -0.4 is 11.1 Å². The van der Waals surface area contributed by atoms with Crippen molar-refractivity contribution in [1.29, 1.82) is 0 Å². The Bertz CT molecular complexity index is 566. The number of hydrogen-bond donors (Lipinski definition) is 2. The van der Waals surface area contributed by atoms with Crippen molar-refractivity contribution in [2.75, 3.05) is 11.9 Å². The van der Waals surface area contributed by atoms with E-state index in [0.717, 1.165) is 16.8 Å². The van der Waals surface area contributed by atoms with Gasteiger partial charge in [-0.25, -0.2) is 0 Å². The average Bonchev–Trinajstić information content (AvgIpc) is 2.48. The fourth-order valence-corrected chi connectivity index (χ4v) is 2.20. The third kappa shape index (κ3) is 3.68. The minimum atomic E-state index is -0.00129. The summed E-state index contributed by atoms with van der Waals surface area (Å²) in [5.41, 5.74) is 8.83. The molecule has 0 heterocycles. The van der Waals surface area contributed by atoms with E-state index in [4.69, 9.17) is 5.73 Å². The van der Waals surface area contributed by atoms with E-state index in [2.05, 4.69) is 5.32 Å². The molecule has 2 aromatic rings. The van der Waals surface area contributed by atoms with Crippen molar-refractivity contribution < 1.29 is 4.79 Å². The second-order valence-corrected chi connectivity index (χ2v) is 4.91. The predicted octanol–water partition coefficient (Wildman–Crippen LogP) is 3.07. The fourth-order valence-electron chi connectivity index (χ4n) is 2.20. The van der Waals surface area contributed by atoms with E-state index >= 15 is 0 Å². The summed E-state index contributed by atoms with van der Waals surface area (Å²) in [6.07, 6.45) is 0.398. The van der Waals surface area contributed by atoms with Crippen molar-refractivity contribution in [2.24, 2.45) is 5.73 Å². The quantitative estimate of drug-likeness (QED) is 0.875. The van der Waals surface area contributed by atoms with E-state index in [1.54, 1.807) is 0 Å². The van der Waals surface area contributed by atoms with E-state index in [0.29, 0.717) is 13.0 Å². The number of carbonyl (C=O) groups is 1. The van der Waals surface area contributed by atoms with Crippen LogP contribution >= 0.6 is 0 Å². The molecule has 0 aromatic heterocycles. The number of nitrogens with two attached hydrogens (primary N) is 1. The van der Waals surface area contributed by atoms with E-state index in [-0.39, 0.29) is 11.8 Å². The van der Waals surface area contributed by atoms with Gasteiger partial charge < -0.3 is 11.1 Å². The van der Waals surface area contributed by atoms with Crippen LogP contribution in [0.2, 0.25) is 0 Å². The lowest BCUT2D eigenvalue weighted by Crippen LogP contribution is -2.21. The summed E-state index contributed by atoms with van der Waals surface area (Å²) < 4.78 is 0. The number of amides is 1. The third-order valence-corrected chi connectivity index (χ3v) is 3.41. The molecule has 1 unspecified atom stereocenters. The van der Waals surface area contributed by atoms with Gasteiger partial charge in [0.25, 0.3) is 0 Å². The Morgan fingerprint density at radius 1 is 1.10 bits per heavy atom. The highest BCUT2D eigenvalue weighted by Gasteiger charge is 2.14. The van der Waals surface area contributed by atoms with E-state index in [1.165, 1.54) is 0 Å². The standard InChI is InChI=1S/C17H20N2O/c1-13-7-5-6-10-16(13)19-17(20)11-15(12-18)14-8-3-2-4-9-14/h2-10,15H,11-12,18H2,1H3,(H,19,20). The Kier molecular flexibility index (Phi) is 4.91. The topological polar surface area (TPSA) is 55.1 Å². The van der Waals surface area contributed by atoms with Gasteiger partial charge >= 0.3 is 0 Å². The second kappa shape index (κ2) is 6.87. The molecule has 1 amide bonds. The van der Waals surface area contributed by atoms with Gasteiger partial charge in [0.2, 0.25) is 5.91 Å². The Morgan fingerprint density at radius 2 is 1.75 bits per heavy atom. The third-order valence-electron chi connectivity index (χ3n) is 3.41. The van der Waals surface area contributed by atoms with Crippen molar-refractivity contribution in [3.8, 4) is 0 Å². The molecule has 0 spiro atoms. The molecule has 0 radical (unpaired) electrons. The second-order valence-electron chi connectivity index (χ2n) is 4.91. The van der Waals surface area contributed by atoms with Crippen molar-refractivity contribution in [3.05, 3.63) is 65.7 Å². The molecule has 2 aromatic carbocycles. The zero-order chi connectivity index (χ0) is 14.4. The SMILES string of the molecule is Cc1ccccc1NC(=O)CC(CN)c1ccccc1. The van der Waals surface area contributed by atoms with Crippen LogP contribution in [0.5, 0.6) is 0 Å². The van der Waals surface area contributed by atoms with Gasteiger partial charge in [-0.15, -0.1) is 0 Å². The summed E-state index contributed by atoms with van der Waals surface area (Å²) >= 11 is 0. The summed E-state index contributed by atoms with van der Waals surface area (Å²) in [4.78, 5) is 12.1. The van der Waals surface area contributed by atoms with Crippen LogP contribution in [0.3, 0.4) is 0 Å². The minimum Gasteiger partial charge on any atom is -0.330 e. The van der Waals surface area contributed by atoms with Crippen molar-refractivity contribution in [3.63, 3.8) is 0 Å². The molecule has 3 N–H and O–H groups in total. The average molecular weight is 268 g/mol. The first kappa shape index (κ1) is 14.3. The van der Waals surface area contributed by atoms with Gasteiger partial charge in [0, 0.05) is 18.0 Å². The molecule has 0 aliphatic rings. The summed E-state index contributed by atoms with van der Waals surface area (Å²) in [5, 5.41) is 2.95. The molecule has 3 nitrogen and oxygen atoms in total. The number of para-hydroxylation sites is 1. The Balaban J connectivity index is 2.02. The van der Waals surface area contributed by atoms with Crippen LogP contribution in [0.1, 0.15) is 23.5 Å². The number of rotatable bonds is 5. The Hall–Kier alpha value is -2.13. The zero-order valence-electron chi connectivity index (χ0n) is 11.7. The van der Waals surface area contributed by atoms with Gasteiger partial charge in [-0.05, 0) is 30.7 Å². The molecule has 20 heavy (non-hydrogen) atoms. The van der Waals surface area contributed by atoms with Crippen LogP contribution in [0.15, 0.2) is 54.6 Å². The van der Waals surface area contributed by atoms with Crippen LogP contribution in [0.4, 0.5) is 5.69 Å². The maximum atomic E-state index is 12.1. The van der Waals surface area contributed by atoms with Gasteiger partial charge in [0.15, 0.2) is 0 Å². The monoisotopic (exact) mass is 268 g/mol.